The van der Waals surface area contributed by atoms with Crippen LogP contribution in [0.3, 0.4) is 0 Å². The lowest BCUT2D eigenvalue weighted by molar-refractivity contribution is -0.220. The average molecular weight is 951 g/mol. The summed E-state index contributed by atoms with van der Waals surface area (Å²) < 4.78 is 33.7. The van der Waals surface area contributed by atoms with Crippen LogP contribution in [0, 0.1) is 0 Å². The number of esters is 2. The number of carbonyl (C=O) groups excluding carboxylic acids is 2. The molecule has 0 aromatic carbocycles. The van der Waals surface area contributed by atoms with Gasteiger partial charge in [0.15, 0.2) is 6.10 Å². The summed E-state index contributed by atoms with van der Waals surface area (Å²) in [5.74, 6) is -1.08. The van der Waals surface area contributed by atoms with Crippen molar-refractivity contribution < 1.29 is 63.1 Å². The number of aliphatic hydroxyl groups is 5. The van der Waals surface area contributed by atoms with E-state index in [0.29, 0.717) is 12.8 Å². The summed E-state index contributed by atoms with van der Waals surface area (Å²) in [7, 11) is -5.11. The summed E-state index contributed by atoms with van der Waals surface area (Å²) in [6.45, 7) is 3.35. The molecular weight excluding hydrogens is 852 g/mol. The molecule has 1 aliphatic rings. The lowest BCUT2D eigenvalue weighted by atomic mass is 9.85. The second-order valence-electron chi connectivity index (χ2n) is 19.1. The lowest BCUT2D eigenvalue weighted by Gasteiger charge is -2.41. The van der Waals surface area contributed by atoms with Crippen molar-refractivity contribution in [1.82, 2.24) is 0 Å². The third-order valence-electron chi connectivity index (χ3n) is 12.9. The summed E-state index contributed by atoms with van der Waals surface area (Å²) >= 11 is 0. The van der Waals surface area contributed by atoms with Crippen LogP contribution in [0.15, 0.2) is 0 Å². The highest BCUT2D eigenvalue weighted by molar-refractivity contribution is 7.47. The molecule has 1 rings (SSSR count). The maximum absolute atomic E-state index is 12.8. The molecule has 8 atom stereocenters. The summed E-state index contributed by atoms with van der Waals surface area (Å²) in [5, 5.41) is 50.3. The summed E-state index contributed by atoms with van der Waals surface area (Å²) in [6, 6.07) is 0. The van der Waals surface area contributed by atoms with Gasteiger partial charge in [-0.2, -0.15) is 0 Å². The maximum atomic E-state index is 12.8. The maximum Gasteiger partial charge on any atom is 0.472 e. The fourth-order valence-corrected chi connectivity index (χ4v) is 9.62. The second-order valence-corrected chi connectivity index (χ2v) is 20.5. The molecule has 0 aromatic heterocycles. The van der Waals surface area contributed by atoms with E-state index in [1.165, 1.54) is 180 Å². The summed E-state index contributed by atoms with van der Waals surface area (Å²) in [6.07, 6.45) is 31.6. The molecule has 14 heteroatoms. The van der Waals surface area contributed by atoms with Gasteiger partial charge in [0.1, 0.15) is 43.2 Å². The Kier molecular flexibility index (Phi) is 39.8. The molecule has 65 heavy (non-hydrogen) atoms. The van der Waals surface area contributed by atoms with Crippen molar-refractivity contribution in [3.05, 3.63) is 0 Å². The van der Waals surface area contributed by atoms with Gasteiger partial charge in [0.05, 0.1) is 6.61 Å². The minimum absolute atomic E-state index is 0.105. The zero-order valence-corrected chi connectivity index (χ0v) is 42.2. The van der Waals surface area contributed by atoms with Crippen molar-refractivity contribution in [2.45, 2.75) is 301 Å². The highest BCUT2D eigenvalue weighted by atomic mass is 31.2. The Morgan fingerprint density at radius 2 is 0.692 bits per heavy atom. The summed E-state index contributed by atoms with van der Waals surface area (Å²) in [5.41, 5.74) is 0. The molecule has 1 fully saturated rings. The molecule has 1 saturated carbocycles. The molecule has 0 aromatic rings. The first-order chi connectivity index (χ1) is 31.4. The Morgan fingerprint density at radius 1 is 0.415 bits per heavy atom. The number of carbonyl (C=O) groups is 2. The zero-order chi connectivity index (χ0) is 47.8. The van der Waals surface area contributed by atoms with Crippen LogP contribution in [0.5, 0.6) is 0 Å². The molecule has 0 spiro atoms. The second kappa shape index (κ2) is 41.8. The number of phosphoric acid groups is 1. The SMILES string of the molecule is CCCCCCCCCCCCCCCCCCCCCCCCC(=O)OC[C@@H](COP(=O)(O)OC1C(O)C(O)C(O)[C@H](O)C1O)OC(=O)CCCCCCCCCCCCCCCC. The summed E-state index contributed by atoms with van der Waals surface area (Å²) in [4.78, 5) is 35.8. The molecule has 0 amide bonds. The van der Waals surface area contributed by atoms with Crippen LogP contribution >= 0.6 is 7.82 Å². The van der Waals surface area contributed by atoms with Crippen molar-refractivity contribution in [2.24, 2.45) is 0 Å². The van der Waals surface area contributed by atoms with Crippen molar-refractivity contribution in [3.63, 3.8) is 0 Å². The van der Waals surface area contributed by atoms with Crippen LogP contribution < -0.4 is 0 Å². The fraction of sp³-hybridized carbons (Fsp3) is 0.961. The molecule has 0 heterocycles. The van der Waals surface area contributed by atoms with Gasteiger partial charge in [0.25, 0.3) is 0 Å². The molecule has 0 radical (unpaired) electrons. The highest BCUT2D eigenvalue weighted by Gasteiger charge is 2.51. The normalized spacial score (nSPS) is 21.3. The van der Waals surface area contributed by atoms with Crippen molar-refractivity contribution >= 4 is 19.8 Å². The third-order valence-corrected chi connectivity index (χ3v) is 13.9. The first-order valence-electron chi connectivity index (χ1n) is 26.8. The van der Waals surface area contributed by atoms with Gasteiger partial charge in [-0.3, -0.25) is 18.6 Å². The Bertz CT molecular complexity index is 1150. The predicted octanol–water partition coefficient (Wildman–Crippen LogP) is 11.6. The van der Waals surface area contributed by atoms with Gasteiger partial charge in [-0.1, -0.05) is 232 Å². The Hall–Kier alpha value is -1.15. The van der Waals surface area contributed by atoms with E-state index in [0.717, 1.165) is 38.5 Å². The van der Waals surface area contributed by atoms with E-state index < -0.39 is 75.7 Å². The Morgan fingerprint density at radius 3 is 1.02 bits per heavy atom. The number of aliphatic hydroxyl groups excluding tert-OH is 5. The van der Waals surface area contributed by atoms with Crippen molar-refractivity contribution in [2.75, 3.05) is 13.2 Å². The molecule has 13 nitrogen and oxygen atoms in total. The van der Waals surface area contributed by atoms with E-state index in [4.69, 9.17) is 18.5 Å². The van der Waals surface area contributed by atoms with Gasteiger partial charge in [-0.15, -0.1) is 0 Å². The minimum Gasteiger partial charge on any atom is -0.462 e. The lowest BCUT2D eigenvalue weighted by Crippen LogP contribution is -2.64. The predicted molar refractivity (Wildman–Crippen MR) is 258 cm³/mol. The van der Waals surface area contributed by atoms with E-state index in [2.05, 4.69) is 13.8 Å². The van der Waals surface area contributed by atoms with Gasteiger partial charge >= 0.3 is 19.8 Å². The topological polar surface area (TPSA) is 210 Å². The standard InChI is InChI=1S/C51H99O13P/c1-3-5-7-9-11-13-15-17-19-20-21-22-23-24-25-26-28-29-31-33-35-37-39-44(52)61-41-43(42-62-65(59,60)64-51-49(57)47(55)46(54)48(56)50(51)58)63-45(53)40-38-36-34-32-30-27-18-16-14-12-10-8-6-4-2/h43,46-51,54-58H,3-42H2,1-2H3,(H,59,60)/t43-,46?,47-,48?,49?,50?,51?/m0/s1. The largest absolute Gasteiger partial charge is 0.472 e. The van der Waals surface area contributed by atoms with Crippen LogP contribution in [0.2, 0.25) is 0 Å². The molecule has 1 aliphatic carbocycles. The number of rotatable bonds is 46. The van der Waals surface area contributed by atoms with Crippen molar-refractivity contribution in [1.29, 1.82) is 0 Å². The Balaban J connectivity index is 2.32. The van der Waals surface area contributed by atoms with E-state index >= 15 is 0 Å². The number of phosphoric ester groups is 1. The molecule has 6 unspecified atom stereocenters. The number of hydrogen-bond acceptors (Lipinski definition) is 12. The van der Waals surface area contributed by atoms with Crippen LogP contribution in [0.4, 0.5) is 0 Å². The third kappa shape index (κ3) is 33.9. The van der Waals surface area contributed by atoms with Crippen molar-refractivity contribution in [3.8, 4) is 0 Å². The zero-order valence-electron chi connectivity index (χ0n) is 41.3. The fourth-order valence-electron chi connectivity index (χ4n) is 8.64. The first-order valence-corrected chi connectivity index (χ1v) is 28.3. The van der Waals surface area contributed by atoms with Gasteiger partial charge < -0.3 is 39.9 Å². The van der Waals surface area contributed by atoms with Crippen LogP contribution in [-0.4, -0.2) is 98.3 Å². The van der Waals surface area contributed by atoms with Gasteiger partial charge in [-0.05, 0) is 12.8 Å². The van der Waals surface area contributed by atoms with Gasteiger partial charge in [-0.25, -0.2) is 4.57 Å². The number of hydrogen-bond donors (Lipinski definition) is 6. The van der Waals surface area contributed by atoms with Crippen LogP contribution in [-0.2, 0) is 32.7 Å². The van der Waals surface area contributed by atoms with E-state index in [1.54, 1.807) is 0 Å². The van der Waals surface area contributed by atoms with Gasteiger partial charge in [0.2, 0.25) is 0 Å². The van der Waals surface area contributed by atoms with Crippen LogP contribution in [0.25, 0.3) is 0 Å². The highest BCUT2D eigenvalue weighted by Crippen LogP contribution is 2.47. The Labute approximate surface area is 395 Å². The number of ether oxygens (including phenoxy) is 2. The molecular formula is C51H99O13P. The molecule has 386 valence electrons. The first kappa shape index (κ1) is 61.9. The van der Waals surface area contributed by atoms with E-state index in [9.17, 15) is 44.6 Å². The average Bonchev–Trinajstić information content (AvgIpc) is 3.29. The van der Waals surface area contributed by atoms with E-state index in [1.807, 2.05) is 0 Å². The van der Waals surface area contributed by atoms with E-state index in [-0.39, 0.29) is 12.8 Å². The molecule has 0 aliphatic heterocycles. The molecule has 0 saturated heterocycles. The smallest absolute Gasteiger partial charge is 0.462 e. The van der Waals surface area contributed by atoms with Gasteiger partial charge in [0, 0.05) is 12.8 Å². The minimum atomic E-state index is -5.11. The molecule has 6 N–H and O–H groups in total. The number of unbranched alkanes of at least 4 members (excludes halogenated alkanes) is 34. The quantitative estimate of drug-likeness (QED) is 0.0191. The molecule has 0 bridgehead atoms. The monoisotopic (exact) mass is 951 g/mol. The van der Waals surface area contributed by atoms with Crippen LogP contribution in [0.1, 0.15) is 258 Å².